The molecule has 55 heavy (non-hydrogen) atoms. The first-order valence-electron chi connectivity index (χ1n) is 18.6. The summed E-state index contributed by atoms with van der Waals surface area (Å²) < 4.78 is 7.18. The summed E-state index contributed by atoms with van der Waals surface area (Å²) in [5.74, 6) is 0. The van der Waals surface area contributed by atoms with Crippen LogP contribution in [0.25, 0.3) is 98.6 Å². The predicted octanol–water partition coefficient (Wildman–Crippen LogP) is 13.2. The molecular weight excluding hydrogens is 671 g/mol. The van der Waals surface area contributed by atoms with Crippen molar-refractivity contribution in [1.29, 1.82) is 0 Å². The Morgan fingerprint density at radius 2 is 0.964 bits per heavy atom. The summed E-state index contributed by atoms with van der Waals surface area (Å²) in [5.41, 5.74) is 15.0. The zero-order chi connectivity index (χ0) is 36.8. The molecule has 4 heterocycles. The van der Waals surface area contributed by atoms with E-state index in [9.17, 15) is 0 Å². The first-order valence-corrected chi connectivity index (χ1v) is 18.6. The van der Waals surface area contributed by atoms with Gasteiger partial charge in [-0.2, -0.15) is 0 Å². The number of pyridine rings is 1. The molecule has 4 aromatic heterocycles. The highest BCUT2D eigenvalue weighted by Gasteiger charge is 2.22. The number of aryl methyl sites for hydroxylation is 1. The monoisotopic (exact) mass is 703 g/mol. The Balaban J connectivity index is 1.23. The first-order chi connectivity index (χ1) is 27.1. The number of nitrogens with zero attached hydrogens (tertiary/aromatic N) is 5. The molecule has 0 saturated heterocycles. The van der Waals surface area contributed by atoms with Crippen LogP contribution in [0, 0.1) is 20.4 Å². The zero-order valence-electron chi connectivity index (χ0n) is 30.3. The number of fused-ring (bicyclic) bond motifs is 9. The molecular formula is C50H33N5. The Labute approximate surface area is 317 Å². The van der Waals surface area contributed by atoms with E-state index in [1.54, 1.807) is 0 Å². The van der Waals surface area contributed by atoms with E-state index in [4.69, 9.17) is 11.6 Å². The molecule has 0 spiro atoms. The van der Waals surface area contributed by atoms with Crippen LogP contribution in [0.3, 0.4) is 0 Å². The van der Waals surface area contributed by atoms with Gasteiger partial charge in [-0.25, -0.2) is 4.85 Å². The van der Waals surface area contributed by atoms with Gasteiger partial charge in [-0.15, -0.1) is 0 Å². The van der Waals surface area contributed by atoms with Crippen LogP contribution in [0.5, 0.6) is 0 Å². The van der Waals surface area contributed by atoms with Gasteiger partial charge in [-0.05, 0) is 103 Å². The molecule has 258 valence electrons. The standard InChI is InChI=1S/C50H33N5/c1-31-13-12-26-52-50(31)40-29-35(54-45-20-10-6-16-38(45)41-27-33(51-3)22-24-47(41)54)30-49(32(40)2)55-46-21-11-7-17-39(46)42-28-34(23-25-48(42)55)53-43-18-8-4-14-36(43)37-15-5-9-19-44(37)53/h4-30H,1-2H3. The molecule has 11 rings (SSSR count). The largest absolute Gasteiger partial charge is 0.309 e. The van der Waals surface area contributed by atoms with Crippen LogP contribution in [0.2, 0.25) is 0 Å². The Morgan fingerprint density at radius 1 is 0.455 bits per heavy atom. The lowest BCUT2D eigenvalue weighted by Crippen LogP contribution is -2.04. The van der Waals surface area contributed by atoms with E-state index in [0.717, 1.165) is 72.3 Å². The Morgan fingerprint density at radius 3 is 1.58 bits per heavy atom. The molecule has 0 fully saturated rings. The average Bonchev–Trinajstić information content (AvgIpc) is 3.86. The lowest BCUT2D eigenvalue weighted by atomic mass is 9.98. The Kier molecular flexibility index (Phi) is 6.68. The number of benzene rings is 7. The molecule has 0 saturated carbocycles. The van der Waals surface area contributed by atoms with Gasteiger partial charge in [-0.1, -0.05) is 84.9 Å². The van der Waals surface area contributed by atoms with Gasteiger partial charge in [0.1, 0.15) is 0 Å². The second kappa shape index (κ2) is 11.8. The highest BCUT2D eigenvalue weighted by molar-refractivity contribution is 6.13. The van der Waals surface area contributed by atoms with Crippen molar-refractivity contribution in [2.24, 2.45) is 0 Å². The van der Waals surface area contributed by atoms with Crippen LogP contribution in [0.15, 0.2) is 164 Å². The third kappa shape index (κ3) is 4.49. The minimum absolute atomic E-state index is 0.635. The fourth-order valence-corrected chi connectivity index (χ4v) is 8.93. The minimum atomic E-state index is 0.635. The van der Waals surface area contributed by atoms with Gasteiger partial charge in [0.05, 0.1) is 51.1 Å². The van der Waals surface area contributed by atoms with E-state index in [0.29, 0.717) is 5.69 Å². The Bertz CT molecular complexity index is 3370. The summed E-state index contributed by atoms with van der Waals surface area (Å²) in [4.78, 5) is 8.73. The second-order valence-corrected chi connectivity index (χ2v) is 14.4. The van der Waals surface area contributed by atoms with Gasteiger partial charge in [0.15, 0.2) is 5.69 Å². The van der Waals surface area contributed by atoms with Crippen molar-refractivity contribution in [2.45, 2.75) is 13.8 Å². The number of para-hydroxylation sites is 4. The molecule has 0 aliphatic heterocycles. The normalized spacial score (nSPS) is 11.8. The molecule has 0 N–H and O–H groups in total. The lowest BCUT2D eigenvalue weighted by Gasteiger charge is -2.19. The molecule has 0 unspecified atom stereocenters. The van der Waals surface area contributed by atoms with Gasteiger partial charge < -0.3 is 13.7 Å². The van der Waals surface area contributed by atoms with E-state index >= 15 is 0 Å². The van der Waals surface area contributed by atoms with Gasteiger partial charge in [-0.3, -0.25) is 4.98 Å². The van der Waals surface area contributed by atoms with Crippen molar-refractivity contribution < 1.29 is 0 Å². The topological polar surface area (TPSA) is 32.0 Å². The smallest absolute Gasteiger partial charge is 0.188 e. The molecule has 5 heteroatoms. The van der Waals surface area contributed by atoms with Crippen molar-refractivity contribution >= 4 is 71.1 Å². The summed E-state index contributed by atoms with van der Waals surface area (Å²) in [6, 6.07) is 56.3. The van der Waals surface area contributed by atoms with Crippen molar-refractivity contribution in [2.75, 3.05) is 0 Å². The third-order valence-electron chi connectivity index (χ3n) is 11.4. The maximum Gasteiger partial charge on any atom is 0.188 e. The maximum atomic E-state index is 7.74. The molecule has 7 aromatic carbocycles. The highest BCUT2D eigenvalue weighted by atomic mass is 15.0. The zero-order valence-corrected chi connectivity index (χ0v) is 30.3. The third-order valence-corrected chi connectivity index (χ3v) is 11.4. The highest BCUT2D eigenvalue weighted by Crippen LogP contribution is 2.42. The van der Waals surface area contributed by atoms with Crippen LogP contribution in [-0.2, 0) is 0 Å². The van der Waals surface area contributed by atoms with Crippen LogP contribution in [0.1, 0.15) is 11.1 Å². The van der Waals surface area contributed by atoms with Gasteiger partial charge >= 0.3 is 0 Å². The number of hydrogen-bond acceptors (Lipinski definition) is 1. The number of hydrogen-bond donors (Lipinski definition) is 0. The fraction of sp³-hybridized carbons (Fsp3) is 0.0400. The Hall–Kier alpha value is -7.42. The van der Waals surface area contributed by atoms with Crippen LogP contribution < -0.4 is 0 Å². The average molecular weight is 704 g/mol. The van der Waals surface area contributed by atoms with Gasteiger partial charge in [0.25, 0.3) is 0 Å². The summed E-state index contributed by atoms with van der Waals surface area (Å²) in [6.45, 7) is 12.1. The molecule has 11 aromatic rings. The van der Waals surface area contributed by atoms with Crippen LogP contribution in [0.4, 0.5) is 5.69 Å². The maximum absolute atomic E-state index is 7.74. The molecule has 0 aliphatic rings. The summed E-state index contributed by atoms with van der Waals surface area (Å²) in [5, 5.41) is 7.08. The van der Waals surface area contributed by atoms with Crippen molar-refractivity contribution in [3.05, 3.63) is 186 Å². The SMILES string of the molecule is [C-]#[N+]c1ccc2c(c1)c1ccccc1n2-c1cc(-c2ncccc2C)c(C)c(-n2c3ccccc3c3cc(-n4c5ccccc5c5ccccc54)ccc32)c1. The fourth-order valence-electron chi connectivity index (χ4n) is 8.93. The van der Waals surface area contributed by atoms with E-state index in [-0.39, 0.29) is 0 Å². The summed E-state index contributed by atoms with van der Waals surface area (Å²) in [7, 11) is 0. The van der Waals surface area contributed by atoms with E-state index < -0.39 is 0 Å². The molecule has 5 nitrogen and oxygen atoms in total. The molecule has 0 atom stereocenters. The first kappa shape index (κ1) is 31.1. The lowest BCUT2D eigenvalue weighted by molar-refractivity contribution is 1.11. The van der Waals surface area contributed by atoms with Gasteiger partial charge in [0, 0.05) is 50.1 Å². The quantitative estimate of drug-likeness (QED) is 0.168. The minimum Gasteiger partial charge on any atom is -0.309 e. The van der Waals surface area contributed by atoms with Crippen LogP contribution in [-0.4, -0.2) is 18.7 Å². The van der Waals surface area contributed by atoms with Crippen molar-refractivity contribution in [3.63, 3.8) is 0 Å². The number of aromatic nitrogens is 4. The molecule has 0 amide bonds. The molecule has 0 radical (unpaired) electrons. The molecule has 0 aliphatic carbocycles. The van der Waals surface area contributed by atoms with E-state index in [2.05, 4.69) is 172 Å². The predicted molar refractivity (Wildman–Crippen MR) is 228 cm³/mol. The second-order valence-electron chi connectivity index (χ2n) is 14.4. The van der Waals surface area contributed by atoms with Crippen molar-refractivity contribution in [3.8, 4) is 28.3 Å². The summed E-state index contributed by atoms with van der Waals surface area (Å²) >= 11 is 0. The van der Waals surface area contributed by atoms with Gasteiger partial charge in [0.2, 0.25) is 0 Å². The van der Waals surface area contributed by atoms with Crippen LogP contribution >= 0.6 is 0 Å². The summed E-state index contributed by atoms with van der Waals surface area (Å²) in [6.07, 6.45) is 1.89. The number of rotatable bonds is 4. The van der Waals surface area contributed by atoms with E-state index in [1.807, 2.05) is 24.4 Å². The van der Waals surface area contributed by atoms with E-state index in [1.165, 1.54) is 32.6 Å². The van der Waals surface area contributed by atoms with Crippen molar-refractivity contribution in [1.82, 2.24) is 18.7 Å². The molecule has 0 bridgehead atoms.